The van der Waals surface area contributed by atoms with Crippen LogP contribution < -0.4 is 5.32 Å². The van der Waals surface area contributed by atoms with E-state index < -0.39 is 5.91 Å². The molecule has 1 amide bonds. The van der Waals surface area contributed by atoms with Crippen LogP contribution in [0.4, 0.5) is 0 Å². The first kappa shape index (κ1) is 12.6. The number of carbonyl (C=O) groups excluding carboxylic acids is 1. The molecule has 0 heterocycles. The predicted molar refractivity (Wildman–Crippen MR) is 70.5 cm³/mol. The Morgan fingerprint density at radius 2 is 1.37 bits per heavy atom. The Bertz CT molecular complexity index is 583. The Labute approximate surface area is 109 Å². The zero-order valence-electron chi connectivity index (χ0n) is 9.92. The molecule has 2 rings (SSSR count). The van der Waals surface area contributed by atoms with Crippen molar-refractivity contribution in [2.24, 2.45) is 0 Å². The largest absolute Gasteiger partial charge is 0.507 e. The quantitative estimate of drug-likeness (QED) is 0.488. The molecular formula is C14H12N2O3. The monoisotopic (exact) mass is 256 g/mol. The van der Waals surface area contributed by atoms with Crippen molar-refractivity contribution >= 4 is 11.7 Å². The molecule has 19 heavy (non-hydrogen) atoms. The molecule has 0 spiro atoms. The second-order valence-corrected chi connectivity index (χ2v) is 3.86. The van der Waals surface area contributed by atoms with Gasteiger partial charge in [0.25, 0.3) is 5.91 Å². The summed E-state index contributed by atoms with van der Waals surface area (Å²) in [7, 11) is 0. The van der Waals surface area contributed by atoms with Gasteiger partial charge in [0.2, 0.25) is 0 Å². The van der Waals surface area contributed by atoms with Crippen molar-refractivity contribution in [3.8, 4) is 11.5 Å². The van der Waals surface area contributed by atoms with E-state index >= 15 is 0 Å². The van der Waals surface area contributed by atoms with Gasteiger partial charge in [-0.1, -0.05) is 24.3 Å². The Morgan fingerprint density at radius 3 is 1.89 bits per heavy atom. The summed E-state index contributed by atoms with van der Waals surface area (Å²) in [5, 5.41) is 29.2. The van der Waals surface area contributed by atoms with E-state index in [0.717, 1.165) is 0 Å². The Balaban J connectivity index is 2.19. The SMILES string of the molecule is N=C(NC(=O)c1ccccc1O)c1ccccc1O. The molecule has 4 N–H and O–H groups in total. The van der Waals surface area contributed by atoms with Crippen LogP contribution in [0.1, 0.15) is 15.9 Å². The van der Waals surface area contributed by atoms with E-state index in [1.165, 1.54) is 24.3 Å². The van der Waals surface area contributed by atoms with Gasteiger partial charge in [-0.3, -0.25) is 10.2 Å². The highest BCUT2D eigenvalue weighted by Gasteiger charge is 2.14. The molecule has 5 nitrogen and oxygen atoms in total. The molecule has 0 bridgehead atoms. The summed E-state index contributed by atoms with van der Waals surface area (Å²) in [4.78, 5) is 11.9. The fraction of sp³-hybridized carbons (Fsp3) is 0. The number of hydrogen-bond acceptors (Lipinski definition) is 4. The van der Waals surface area contributed by atoms with E-state index in [1.54, 1.807) is 24.3 Å². The Kier molecular flexibility index (Phi) is 3.47. The van der Waals surface area contributed by atoms with Gasteiger partial charge < -0.3 is 15.5 Å². The minimum atomic E-state index is -0.605. The van der Waals surface area contributed by atoms with Crippen LogP contribution in [-0.2, 0) is 0 Å². The molecule has 0 unspecified atom stereocenters. The molecule has 0 atom stereocenters. The van der Waals surface area contributed by atoms with Crippen LogP contribution in [0.3, 0.4) is 0 Å². The summed E-state index contributed by atoms with van der Waals surface area (Å²) in [6.07, 6.45) is 0. The van der Waals surface area contributed by atoms with Crippen LogP contribution in [0.5, 0.6) is 11.5 Å². The van der Waals surface area contributed by atoms with E-state index in [2.05, 4.69) is 5.32 Å². The third-order valence-corrected chi connectivity index (χ3v) is 2.56. The number of rotatable bonds is 2. The minimum absolute atomic E-state index is 0.0719. The third-order valence-electron chi connectivity index (χ3n) is 2.56. The summed E-state index contributed by atoms with van der Waals surface area (Å²) in [5.74, 6) is -1.09. The van der Waals surface area contributed by atoms with Gasteiger partial charge in [-0.2, -0.15) is 0 Å². The van der Waals surface area contributed by atoms with Crippen LogP contribution in [0.2, 0.25) is 0 Å². The van der Waals surface area contributed by atoms with Gasteiger partial charge in [-0.25, -0.2) is 0 Å². The zero-order chi connectivity index (χ0) is 13.8. The first-order valence-electron chi connectivity index (χ1n) is 5.56. The number of phenols is 2. The van der Waals surface area contributed by atoms with Gasteiger partial charge in [-0.05, 0) is 24.3 Å². The fourth-order valence-electron chi connectivity index (χ4n) is 1.60. The zero-order valence-corrected chi connectivity index (χ0v) is 9.92. The highest BCUT2D eigenvalue weighted by molar-refractivity contribution is 6.13. The predicted octanol–water partition coefficient (Wildman–Crippen LogP) is 1.85. The van der Waals surface area contributed by atoms with Crippen molar-refractivity contribution in [1.29, 1.82) is 5.41 Å². The van der Waals surface area contributed by atoms with Crippen molar-refractivity contribution in [3.05, 3.63) is 59.7 Å². The molecule has 2 aromatic carbocycles. The molecule has 0 radical (unpaired) electrons. The molecule has 96 valence electrons. The number of amides is 1. The minimum Gasteiger partial charge on any atom is -0.507 e. The normalized spacial score (nSPS) is 9.89. The Morgan fingerprint density at radius 1 is 0.895 bits per heavy atom. The smallest absolute Gasteiger partial charge is 0.260 e. The first-order valence-corrected chi connectivity index (χ1v) is 5.56. The maximum atomic E-state index is 11.9. The van der Waals surface area contributed by atoms with Crippen LogP contribution in [-0.4, -0.2) is 22.0 Å². The summed E-state index contributed by atoms with van der Waals surface area (Å²) in [6, 6.07) is 12.3. The molecule has 0 aromatic heterocycles. The van der Waals surface area contributed by atoms with Gasteiger partial charge in [0, 0.05) is 0 Å². The van der Waals surface area contributed by atoms with E-state index in [4.69, 9.17) is 5.41 Å². The number of carbonyl (C=O) groups is 1. The number of aromatic hydroxyl groups is 2. The van der Waals surface area contributed by atoms with Crippen molar-refractivity contribution in [1.82, 2.24) is 5.32 Å². The van der Waals surface area contributed by atoms with E-state index in [9.17, 15) is 15.0 Å². The number of amidine groups is 1. The van der Waals surface area contributed by atoms with Crippen molar-refractivity contribution in [3.63, 3.8) is 0 Å². The topological polar surface area (TPSA) is 93.4 Å². The van der Waals surface area contributed by atoms with Gasteiger partial charge in [0.05, 0.1) is 11.1 Å². The fourth-order valence-corrected chi connectivity index (χ4v) is 1.60. The molecule has 0 aliphatic carbocycles. The maximum absolute atomic E-state index is 11.9. The number of phenolic OH excluding ortho intramolecular Hbond substituents is 2. The van der Waals surface area contributed by atoms with Gasteiger partial charge in [0.15, 0.2) is 0 Å². The number of para-hydroxylation sites is 2. The summed E-state index contributed by atoms with van der Waals surface area (Å²) < 4.78 is 0. The second kappa shape index (κ2) is 5.22. The maximum Gasteiger partial charge on any atom is 0.260 e. The van der Waals surface area contributed by atoms with Crippen LogP contribution in [0, 0.1) is 5.41 Å². The number of nitrogens with one attached hydrogen (secondary N) is 2. The lowest BCUT2D eigenvalue weighted by Crippen LogP contribution is -2.30. The molecular weight excluding hydrogens is 244 g/mol. The summed E-state index contributed by atoms with van der Waals surface area (Å²) >= 11 is 0. The van der Waals surface area contributed by atoms with Crippen LogP contribution in [0.15, 0.2) is 48.5 Å². The lowest BCUT2D eigenvalue weighted by molar-refractivity contribution is 0.0974. The lowest BCUT2D eigenvalue weighted by Gasteiger charge is -2.09. The molecule has 0 saturated heterocycles. The van der Waals surface area contributed by atoms with Crippen molar-refractivity contribution in [2.45, 2.75) is 0 Å². The molecule has 5 heteroatoms. The number of benzene rings is 2. The lowest BCUT2D eigenvalue weighted by atomic mass is 10.1. The molecule has 0 saturated carbocycles. The Hall–Kier alpha value is -2.82. The second-order valence-electron chi connectivity index (χ2n) is 3.86. The van der Waals surface area contributed by atoms with E-state index in [0.29, 0.717) is 0 Å². The summed E-state index contributed by atoms with van der Waals surface area (Å²) in [5.41, 5.74) is 0.286. The highest BCUT2D eigenvalue weighted by atomic mass is 16.3. The summed E-state index contributed by atoms with van der Waals surface area (Å²) in [6.45, 7) is 0. The van der Waals surface area contributed by atoms with Gasteiger partial charge in [0.1, 0.15) is 17.3 Å². The average molecular weight is 256 g/mol. The molecule has 0 aliphatic rings. The van der Waals surface area contributed by atoms with E-state index in [-0.39, 0.29) is 28.5 Å². The van der Waals surface area contributed by atoms with Gasteiger partial charge >= 0.3 is 0 Å². The van der Waals surface area contributed by atoms with Crippen LogP contribution in [0.25, 0.3) is 0 Å². The third kappa shape index (κ3) is 2.71. The molecule has 2 aromatic rings. The molecule has 0 aliphatic heterocycles. The van der Waals surface area contributed by atoms with E-state index in [1.807, 2.05) is 0 Å². The van der Waals surface area contributed by atoms with Crippen LogP contribution >= 0.6 is 0 Å². The average Bonchev–Trinajstić information content (AvgIpc) is 2.39. The highest BCUT2D eigenvalue weighted by Crippen LogP contribution is 2.17. The first-order chi connectivity index (χ1) is 9.09. The standard InChI is InChI=1S/C14H12N2O3/c15-13(9-5-1-3-7-11(9)17)16-14(19)10-6-2-4-8-12(10)18/h1-8,17-18H,(H2,15,16,19). The van der Waals surface area contributed by atoms with Crippen molar-refractivity contribution < 1.29 is 15.0 Å². The van der Waals surface area contributed by atoms with Crippen molar-refractivity contribution in [2.75, 3.05) is 0 Å². The van der Waals surface area contributed by atoms with Gasteiger partial charge in [-0.15, -0.1) is 0 Å². The number of hydrogen-bond donors (Lipinski definition) is 4. The molecule has 0 fully saturated rings.